The molecule has 3 nitrogen and oxygen atoms in total. The molecule has 1 rings (SSSR count). The number of amides is 1. The van der Waals surface area contributed by atoms with Crippen molar-refractivity contribution < 1.29 is 4.79 Å². The van der Waals surface area contributed by atoms with Gasteiger partial charge in [0.2, 0.25) is 5.91 Å². The Balaban J connectivity index is 2.84. The van der Waals surface area contributed by atoms with Crippen LogP contribution in [0.1, 0.15) is 59.3 Å². The number of hydrogen-bond donors (Lipinski definition) is 1. The summed E-state index contributed by atoms with van der Waals surface area (Å²) in [5, 5.41) is 0. The molecule has 0 spiro atoms. The minimum atomic E-state index is -0.290. The van der Waals surface area contributed by atoms with Crippen molar-refractivity contribution >= 4 is 5.91 Å². The van der Waals surface area contributed by atoms with Gasteiger partial charge in [0, 0.05) is 19.1 Å². The SMILES string of the molecule is CCCC(CN)(CCC)C(=O)N1CCCC1C. The quantitative estimate of drug-likeness (QED) is 0.775. The molecular formula is C14H28N2O. The minimum absolute atomic E-state index is 0.290. The van der Waals surface area contributed by atoms with E-state index in [4.69, 9.17) is 5.73 Å². The van der Waals surface area contributed by atoms with Gasteiger partial charge in [-0.15, -0.1) is 0 Å². The lowest BCUT2D eigenvalue weighted by Crippen LogP contribution is -2.49. The first kappa shape index (κ1) is 14.5. The first-order chi connectivity index (χ1) is 8.11. The fourth-order valence-electron chi connectivity index (χ4n) is 3.13. The third-order valence-electron chi connectivity index (χ3n) is 4.12. The van der Waals surface area contributed by atoms with Crippen molar-refractivity contribution in [1.29, 1.82) is 0 Å². The van der Waals surface area contributed by atoms with Crippen LogP contribution < -0.4 is 5.73 Å². The molecular weight excluding hydrogens is 212 g/mol. The maximum absolute atomic E-state index is 12.7. The minimum Gasteiger partial charge on any atom is -0.339 e. The van der Waals surface area contributed by atoms with Gasteiger partial charge >= 0.3 is 0 Å². The molecule has 1 aliphatic rings. The number of rotatable bonds is 6. The number of nitrogens with zero attached hydrogens (tertiary/aromatic N) is 1. The van der Waals surface area contributed by atoms with E-state index in [0.717, 1.165) is 45.1 Å². The van der Waals surface area contributed by atoms with Crippen LogP contribution in [-0.2, 0) is 4.79 Å². The fraction of sp³-hybridized carbons (Fsp3) is 0.929. The van der Waals surface area contributed by atoms with Gasteiger partial charge in [-0.2, -0.15) is 0 Å². The van der Waals surface area contributed by atoms with Crippen LogP contribution in [0.2, 0.25) is 0 Å². The summed E-state index contributed by atoms with van der Waals surface area (Å²) >= 11 is 0. The predicted molar refractivity (Wildman–Crippen MR) is 71.7 cm³/mol. The molecule has 3 heteroatoms. The number of nitrogens with two attached hydrogens (primary N) is 1. The Morgan fingerprint density at radius 1 is 1.35 bits per heavy atom. The van der Waals surface area contributed by atoms with Gasteiger partial charge in [-0.1, -0.05) is 26.7 Å². The van der Waals surface area contributed by atoms with Crippen LogP contribution >= 0.6 is 0 Å². The van der Waals surface area contributed by atoms with Gasteiger partial charge in [0.15, 0.2) is 0 Å². The number of hydrogen-bond acceptors (Lipinski definition) is 2. The topological polar surface area (TPSA) is 46.3 Å². The van der Waals surface area contributed by atoms with Crippen molar-refractivity contribution in [2.45, 2.75) is 65.3 Å². The summed E-state index contributed by atoms with van der Waals surface area (Å²) in [5.41, 5.74) is 5.66. The highest BCUT2D eigenvalue weighted by Gasteiger charge is 2.40. The van der Waals surface area contributed by atoms with Crippen molar-refractivity contribution in [3.63, 3.8) is 0 Å². The summed E-state index contributed by atoms with van der Waals surface area (Å²) in [7, 11) is 0. The molecule has 1 heterocycles. The van der Waals surface area contributed by atoms with Crippen molar-refractivity contribution in [1.82, 2.24) is 4.90 Å². The lowest BCUT2D eigenvalue weighted by Gasteiger charge is -2.36. The lowest BCUT2D eigenvalue weighted by atomic mass is 9.77. The van der Waals surface area contributed by atoms with Gasteiger partial charge in [0.25, 0.3) is 0 Å². The average Bonchev–Trinajstić information content (AvgIpc) is 2.74. The molecule has 0 aliphatic carbocycles. The third-order valence-corrected chi connectivity index (χ3v) is 4.12. The summed E-state index contributed by atoms with van der Waals surface area (Å²) in [5.74, 6) is 0.314. The summed E-state index contributed by atoms with van der Waals surface area (Å²) < 4.78 is 0. The van der Waals surface area contributed by atoms with E-state index < -0.39 is 0 Å². The molecule has 0 aromatic heterocycles. The first-order valence-electron chi connectivity index (χ1n) is 7.12. The number of carbonyl (C=O) groups is 1. The molecule has 1 fully saturated rings. The highest BCUT2D eigenvalue weighted by molar-refractivity contribution is 5.83. The summed E-state index contributed by atoms with van der Waals surface area (Å²) in [6, 6.07) is 0.405. The third kappa shape index (κ3) is 3.01. The Morgan fingerprint density at radius 3 is 2.29 bits per heavy atom. The van der Waals surface area contributed by atoms with Crippen molar-refractivity contribution in [2.75, 3.05) is 13.1 Å². The maximum atomic E-state index is 12.7. The number of carbonyl (C=O) groups excluding carboxylic acids is 1. The zero-order valence-corrected chi connectivity index (χ0v) is 11.7. The summed E-state index contributed by atoms with van der Waals surface area (Å²) in [6.45, 7) is 7.86. The monoisotopic (exact) mass is 240 g/mol. The van der Waals surface area contributed by atoms with Crippen molar-refractivity contribution in [3.05, 3.63) is 0 Å². The van der Waals surface area contributed by atoms with Crippen LogP contribution in [0, 0.1) is 5.41 Å². The fourth-order valence-corrected chi connectivity index (χ4v) is 3.13. The Hall–Kier alpha value is -0.570. The van der Waals surface area contributed by atoms with E-state index >= 15 is 0 Å². The van der Waals surface area contributed by atoms with Crippen LogP contribution in [-0.4, -0.2) is 29.9 Å². The van der Waals surface area contributed by atoms with E-state index in [2.05, 4.69) is 25.7 Å². The summed E-state index contributed by atoms with van der Waals surface area (Å²) in [6.07, 6.45) is 6.21. The maximum Gasteiger partial charge on any atom is 0.230 e. The van der Waals surface area contributed by atoms with E-state index in [9.17, 15) is 4.79 Å². The van der Waals surface area contributed by atoms with Crippen LogP contribution in [0.3, 0.4) is 0 Å². The molecule has 1 aliphatic heterocycles. The zero-order chi connectivity index (χ0) is 12.9. The highest BCUT2D eigenvalue weighted by Crippen LogP contribution is 2.33. The average molecular weight is 240 g/mol. The highest BCUT2D eigenvalue weighted by atomic mass is 16.2. The van der Waals surface area contributed by atoms with Gasteiger partial charge in [0.05, 0.1) is 5.41 Å². The van der Waals surface area contributed by atoms with Crippen LogP contribution in [0.15, 0.2) is 0 Å². The van der Waals surface area contributed by atoms with Gasteiger partial charge in [-0.05, 0) is 32.6 Å². The molecule has 0 saturated carbocycles. The largest absolute Gasteiger partial charge is 0.339 e. The van der Waals surface area contributed by atoms with Gasteiger partial charge in [-0.25, -0.2) is 0 Å². The molecule has 0 radical (unpaired) electrons. The molecule has 1 saturated heterocycles. The molecule has 17 heavy (non-hydrogen) atoms. The van der Waals surface area contributed by atoms with Crippen LogP contribution in [0.5, 0.6) is 0 Å². The smallest absolute Gasteiger partial charge is 0.230 e. The molecule has 0 bridgehead atoms. The second kappa shape index (κ2) is 6.39. The van der Waals surface area contributed by atoms with Crippen molar-refractivity contribution in [2.24, 2.45) is 11.1 Å². The van der Waals surface area contributed by atoms with E-state index in [1.165, 1.54) is 0 Å². The molecule has 100 valence electrons. The molecule has 1 amide bonds. The Bertz CT molecular complexity index is 247. The van der Waals surface area contributed by atoms with Gasteiger partial charge in [0.1, 0.15) is 0 Å². The van der Waals surface area contributed by atoms with Crippen LogP contribution in [0.25, 0.3) is 0 Å². The van der Waals surface area contributed by atoms with Crippen molar-refractivity contribution in [3.8, 4) is 0 Å². The second-order valence-electron chi connectivity index (χ2n) is 5.47. The molecule has 1 unspecified atom stereocenters. The normalized spacial score (nSPS) is 20.9. The van der Waals surface area contributed by atoms with E-state index in [0.29, 0.717) is 18.5 Å². The zero-order valence-electron chi connectivity index (χ0n) is 11.7. The standard InChI is InChI=1S/C14H28N2O/c1-4-8-14(11-15,9-5-2)13(17)16-10-6-7-12(16)3/h12H,4-11,15H2,1-3H3. The molecule has 2 N–H and O–H groups in total. The number of likely N-dealkylation sites (tertiary alicyclic amines) is 1. The molecule has 1 atom stereocenters. The predicted octanol–water partition coefficient (Wildman–Crippen LogP) is 2.54. The van der Waals surface area contributed by atoms with Gasteiger partial charge < -0.3 is 10.6 Å². The molecule has 0 aromatic rings. The van der Waals surface area contributed by atoms with Crippen LogP contribution in [0.4, 0.5) is 0 Å². The lowest BCUT2D eigenvalue weighted by molar-refractivity contribution is -0.143. The Labute approximate surface area is 106 Å². The Morgan fingerprint density at radius 2 is 1.94 bits per heavy atom. The van der Waals surface area contributed by atoms with E-state index in [-0.39, 0.29) is 5.41 Å². The van der Waals surface area contributed by atoms with E-state index in [1.807, 2.05) is 0 Å². The van der Waals surface area contributed by atoms with Gasteiger partial charge in [-0.3, -0.25) is 4.79 Å². The van der Waals surface area contributed by atoms with E-state index in [1.54, 1.807) is 0 Å². The Kier molecular flexibility index (Phi) is 5.44. The molecule has 0 aromatic carbocycles. The summed E-state index contributed by atoms with van der Waals surface area (Å²) in [4.78, 5) is 14.8. The first-order valence-corrected chi connectivity index (χ1v) is 7.12. The second-order valence-corrected chi connectivity index (χ2v) is 5.47.